The Morgan fingerprint density at radius 2 is 2.17 bits per heavy atom. The quantitative estimate of drug-likeness (QED) is 0.873. The zero-order chi connectivity index (χ0) is 12.8. The molecular formula is C14H20O4. The van der Waals surface area contributed by atoms with E-state index in [0.717, 1.165) is 30.9 Å². The SMILES string of the molecule is COc1cccc(C(O)CCC2OCCCO2)c1. The number of hydrogen-bond donors (Lipinski definition) is 1. The summed E-state index contributed by atoms with van der Waals surface area (Å²) in [6.45, 7) is 1.50. The third-order valence-electron chi connectivity index (χ3n) is 3.05. The molecule has 0 aliphatic carbocycles. The van der Waals surface area contributed by atoms with Crippen molar-refractivity contribution in [2.24, 2.45) is 0 Å². The number of aliphatic hydroxyl groups excluding tert-OH is 1. The van der Waals surface area contributed by atoms with Gasteiger partial charge in [0.1, 0.15) is 5.75 Å². The average molecular weight is 252 g/mol. The van der Waals surface area contributed by atoms with Crippen molar-refractivity contribution < 1.29 is 19.3 Å². The fourth-order valence-electron chi connectivity index (χ4n) is 2.01. The largest absolute Gasteiger partial charge is 0.497 e. The van der Waals surface area contributed by atoms with Crippen molar-refractivity contribution in [2.75, 3.05) is 20.3 Å². The second-order valence-electron chi connectivity index (χ2n) is 4.39. The lowest BCUT2D eigenvalue weighted by molar-refractivity contribution is -0.183. The van der Waals surface area contributed by atoms with Gasteiger partial charge in [0.15, 0.2) is 6.29 Å². The summed E-state index contributed by atoms with van der Waals surface area (Å²) in [4.78, 5) is 0. The van der Waals surface area contributed by atoms with Crippen LogP contribution in [0.3, 0.4) is 0 Å². The normalized spacial score (nSPS) is 18.6. The molecule has 2 rings (SSSR count). The Hall–Kier alpha value is -1.10. The van der Waals surface area contributed by atoms with E-state index in [0.29, 0.717) is 12.8 Å². The molecule has 0 saturated carbocycles. The van der Waals surface area contributed by atoms with Crippen LogP contribution in [0.25, 0.3) is 0 Å². The van der Waals surface area contributed by atoms with Gasteiger partial charge in [0.25, 0.3) is 0 Å². The van der Waals surface area contributed by atoms with Crippen LogP contribution in [0.1, 0.15) is 30.9 Å². The van der Waals surface area contributed by atoms with E-state index in [1.807, 2.05) is 24.3 Å². The first kappa shape index (κ1) is 13.3. The first-order chi connectivity index (χ1) is 8.79. The van der Waals surface area contributed by atoms with Gasteiger partial charge in [-0.15, -0.1) is 0 Å². The maximum absolute atomic E-state index is 10.1. The van der Waals surface area contributed by atoms with Gasteiger partial charge in [-0.2, -0.15) is 0 Å². The van der Waals surface area contributed by atoms with Crippen LogP contribution in [0.5, 0.6) is 5.75 Å². The van der Waals surface area contributed by atoms with Crippen molar-refractivity contribution in [3.8, 4) is 5.75 Å². The molecule has 1 aliphatic heterocycles. The summed E-state index contributed by atoms with van der Waals surface area (Å²) in [7, 11) is 1.62. The molecule has 0 amide bonds. The molecule has 0 spiro atoms. The van der Waals surface area contributed by atoms with Gasteiger partial charge in [-0.05, 0) is 30.5 Å². The highest BCUT2D eigenvalue weighted by Crippen LogP contribution is 2.24. The molecule has 1 saturated heterocycles. The highest BCUT2D eigenvalue weighted by molar-refractivity contribution is 5.29. The zero-order valence-corrected chi connectivity index (χ0v) is 10.7. The Kier molecular flexibility index (Phi) is 4.99. The standard InChI is InChI=1S/C14H20O4/c1-16-12-5-2-4-11(10-12)13(15)6-7-14-17-8-3-9-18-14/h2,4-5,10,13-15H,3,6-9H2,1H3. The summed E-state index contributed by atoms with van der Waals surface area (Å²) in [6.07, 6.45) is 1.61. The van der Waals surface area contributed by atoms with Crippen LogP contribution < -0.4 is 4.74 Å². The molecule has 0 bridgehead atoms. The predicted molar refractivity (Wildman–Crippen MR) is 67.5 cm³/mol. The summed E-state index contributed by atoms with van der Waals surface area (Å²) in [5, 5.41) is 10.1. The molecule has 1 unspecified atom stereocenters. The Balaban J connectivity index is 1.84. The van der Waals surface area contributed by atoms with Crippen LogP contribution in [0.15, 0.2) is 24.3 Å². The Morgan fingerprint density at radius 1 is 1.39 bits per heavy atom. The van der Waals surface area contributed by atoms with Crippen molar-refractivity contribution in [1.82, 2.24) is 0 Å². The van der Waals surface area contributed by atoms with Gasteiger partial charge >= 0.3 is 0 Å². The summed E-state index contributed by atoms with van der Waals surface area (Å²) < 4.78 is 16.0. The van der Waals surface area contributed by atoms with Crippen molar-refractivity contribution >= 4 is 0 Å². The van der Waals surface area contributed by atoms with Gasteiger partial charge < -0.3 is 19.3 Å². The lowest BCUT2D eigenvalue weighted by Crippen LogP contribution is -2.25. The number of rotatable bonds is 5. The van der Waals surface area contributed by atoms with E-state index >= 15 is 0 Å². The van der Waals surface area contributed by atoms with Crippen molar-refractivity contribution in [3.63, 3.8) is 0 Å². The molecule has 0 aromatic heterocycles. The fourth-order valence-corrected chi connectivity index (χ4v) is 2.01. The van der Waals surface area contributed by atoms with Crippen LogP contribution in [0.2, 0.25) is 0 Å². The van der Waals surface area contributed by atoms with E-state index < -0.39 is 6.10 Å². The molecule has 1 N–H and O–H groups in total. The smallest absolute Gasteiger partial charge is 0.157 e. The third kappa shape index (κ3) is 3.70. The third-order valence-corrected chi connectivity index (χ3v) is 3.05. The minimum Gasteiger partial charge on any atom is -0.497 e. The molecule has 18 heavy (non-hydrogen) atoms. The van der Waals surface area contributed by atoms with E-state index in [4.69, 9.17) is 14.2 Å². The molecule has 1 aliphatic rings. The van der Waals surface area contributed by atoms with E-state index in [2.05, 4.69) is 0 Å². The van der Waals surface area contributed by atoms with Crippen LogP contribution in [0, 0.1) is 0 Å². The van der Waals surface area contributed by atoms with Crippen LogP contribution in [-0.2, 0) is 9.47 Å². The first-order valence-electron chi connectivity index (χ1n) is 6.35. The molecule has 4 heteroatoms. The minimum atomic E-state index is -0.505. The lowest BCUT2D eigenvalue weighted by atomic mass is 10.0. The Bertz CT molecular complexity index is 361. The highest BCUT2D eigenvalue weighted by Gasteiger charge is 2.17. The maximum Gasteiger partial charge on any atom is 0.157 e. The van der Waals surface area contributed by atoms with Gasteiger partial charge in [0.2, 0.25) is 0 Å². The topological polar surface area (TPSA) is 47.9 Å². The van der Waals surface area contributed by atoms with Crippen molar-refractivity contribution in [3.05, 3.63) is 29.8 Å². The zero-order valence-electron chi connectivity index (χ0n) is 10.7. The highest BCUT2D eigenvalue weighted by atomic mass is 16.7. The monoisotopic (exact) mass is 252 g/mol. The molecule has 0 radical (unpaired) electrons. The van der Waals surface area contributed by atoms with Crippen LogP contribution >= 0.6 is 0 Å². The maximum atomic E-state index is 10.1. The van der Waals surface area contributed by atoms with Crippen molar-refractivity contribution in [1.29, 1.82) is 0 Å². The summed E-state index contributed by atoms with van der Waals surface area (Å²) in [5.74, 6) is 0.761. The van der Waals surface area contributed by atoms with E-state index in [1.54, 1.807) is 7.11 Å². The van der Waals surface area contributed by atoms with Gasteiger partial charge in [0, 0.05) is 6.42 Å². The van der Waals surface area contributed by atoms with Crippen LogP contribution in [-0.4, -0.2) is 31.7 Å². The lowest BCUT2D eigenvalue weighted by Gasteiger charge is -2.24. The second-order valence-corrected chi connectivity index (χ2v) is 4.39. The Labute approximate surface area is 107 Å². The van der Waals surface area contributed by atoms with E-state index in [-0.39, 0.29) is 6.29 Å². The number of methoxy groups -OCH3 is 1. The van der Waals surface area contributed by atoms with Crippen molar-refractivity contribution in [2.45, 2.75) is 31.7 Å². The van der Waals surface area contributed by atoms with Gasteiger partial charge in [0.05, 0.1) is 26.4 Å². The summed E-state index contributed by atoms with van der Waals surface area (Å²) in [5.41, 5.74) is 0.866. The van der Waals surface area contributed by atoms with Gasteiger partial charge in [-0.1, -0.05) is 12.1 Å². The van der Waals surface area contributed by atoms with Gasteiger partial charge in [-0.3, -0.25) is 0 Å². The molecule has 1 atom stereocenters. The molecule has 1 heterocycles. The van der Waals surface area contributed by atoms with E-state index in [1.165, 1.54) is 0 Å². The average Bonchev–Trinajstić information content (AvgIpc) is 2.46. The van der Waals surface area contributed by atoms with Gasteiger partial charge in [-0.25, -0.2) is 0 Å². The number of aliphatic hydroxyl groups is 1. The molecule has 100 valence electrons. The first-order valence-corrected chi connectivity index (χ1v) is 6.35. The minimum absolute atomic E-state index is 0.168. The summed E-state index contributed by atoms with van der Waals surface area (Å²) in [6, 6.07) is 7.50. The number of hydrogen-bond acceptors (Lipinski definition) is 4. The van der Waals surface area contributed by atoms with E-state index in [9.17, 15) is 5.11 Å². The second kappa shape index (κ2) is 6.73. The molecule has 1 fully saturated rings. The molecular weight excluding hydrogens is 232 g/mol. The Morgan fingerprint density at radius 3 is 2.89 bits per heavy atom. The number of ether oxygens (including phenoxy) is 3. The predicted octanol–water partition coefficient (Wildman–Crippen LogP) is 2.27. The fraction of sp³-hybridized carbons (Fsp3) is 0.571. The number of benzene rings is 1. The molecule has 1 aromatic carbocycles. The molecule has 1 aromatic rings. The summed E-state index contributed by atoms with van der Waals surface area (Å²) >= 11 is 0. The molecule has 4 nitrogen and oxygen atoms in total. The van der Waals surface area contributed by atoms with Crippen LogP contribution in [0.4, 0.5) is 0 Å².